The van der Waals surface area contributed by atoms with E-state index in [2.05, 4.69) is 4.74 Å². The summed E-state index contributed by atoms with van der Waals surface area (Å²) in [7, 11) is 1.07. The average molecular weight is 188 g/mol. The van der Waals surface area contributed by atoms with E-state index in [0.29, 0.717) is 6.08 Å². The van der Waals surface area contributed by atoms with Gasteiger partial charge in [-0.15, -0.1) is 0 Å². The van der Waals surface area contributed by atoms with E-state index in [1.165, 1.54) is 0 Å². The molecule has 0 spiro atoms. The van der Waals surface area contributed by atoms with Gasteiger partial charge in [-0.05, 0) is 0 Å². The Kier molecular flexibility index (Phi) is 4.21. The van der Waals surface area contributed by atoms with E-state index in [4.69, 9.17) is 10.2 Å². The second kappa shape index (κ2) is 4.91. The van der Waals surface area contributed by atoms with Crippen molar-refractivity contribution in [2.75, 3.05) is 7.11 Å². The van der Waals surface area contributed by atoms with Crippen molar-refractivity contribution in [1.29, 1.82) is 0 Å². The molecule has 0 unspecified atom stereocenters. The van der Waals surface area contributed by atoms with Crippen LogP contribution >= 0.6 is 0 Å². The lowest BCUT2D eigenvalue weighted by molar-refractivity contribution is -0.140. The van der Waals surface area contributed by atoms with E-state index in [1.807, 2.05) is 0 Å². The Balaban J connectivity index is 4.60. The molecule has 6 nitrogen and oxygen atoms in total. The molecule has 0 heterocycles. The van der Waals surface area contributed by atoms with Crippen LogP contribution in [0.25, 0.3) is 0 Å². The highest BCUT2D eigenvalue weighted by Crippen LogP contribution is 2.01. The van der Waals surface area contributed by atoms with E-state index < -0.39 is 29.9 Å². The monoisotopic (exact) mass is 188 g/mol. The van der Waals surface area contributed by atoms with Crippen LogP contribution in [0.15, 0.2) is 11.6 Å². The summed E-state index contributed by atoms with van der Waals surface area (Å²) in [6.07, 6.45) is -0.0825. The van der Waals surface area contributed by atoms with Gasteiger partial charge in [-0.3, -0.25) is 4.79 Å². The number of carbonyl (C=O) groups excluding carboxylic acids is 1. The van der Waals surface area contributed by atoms with Crippen molar-refractivity contribution in [2.24, 2.45) is 0 Å². The lowest BCUT2D eigenvalue weighted by Gasteiger charge is -1.96. The second-order valence-electron chi connectivity index (χ2n) is 2.07. The Bertz CT molecular complexity index is 264. The van der Waals surface area contributed by atoms with Gasteiger partial charge >= 0.3 is 17.9 Å². The smallest absolute Gasteiger partial charge is 0.332 e. The highest BCUT2D eigenvalue weighted by atomic mass is 16.5. The van der Waals surface area contributed by atoms with E-state index in [9.17, 15) is 14.4 Å². The first-order valence-corrected chi connectivity index (χ1v) is 3.21. The van der Waals surface area contributed by atoms with Crippen LogP contribution in [-0.4, -0.2) is 35.2 Å². The summed E-state index contributed by atoms with van der Waals surface area (Å²) in [4.78, 5) is 31.0. The summed E-state index contributed by atoms with van der Waals surface area (Å²) in [6.45, 7) is 0. The van der Waals surface area contributed by atoms with E-state index in [0.717, 1.165) is 7.11 Å². The molecule has 6 heteroatoms. The molecule has 0 bridgehead atoms. The fourth-order valence-corrected chi connectivity index (χ4v) is 0.552. The molecule has 0 aromatic carbocycles. The molecule has 2 N–H and O–H groups in total. The molecule has 72 valence electrons. The van der Waals surface area contributed by atoms with Gasteiger partial charge in [0, 0.05) is 6.08 Å². The fourth-order valence-electron chi connectivity index (χ4n) is 0.552. The minimum absolute atomic E-state index is 0.514. The zero-order chi connectivity index (χ0) is 10.4. The average Bonchev–Trinajstić information content (AvgIpc) is 2.02. The van der Waals surface area contributed by atoms with Crippen molar-refractivity contribution < 1.29 is 29.3 Å². The quantitative estimate of drug-likeness (QED) is 0.461. The van der Waals surface area contributed by atoms with E-state index in [-0.39, 0.29) is 0 Å². The molecule has 0 saturated carbocycles. The number of hydrogen-bond donors (Lipinski definition) is 2. The molecule has 0 radical (unpaired) electrons. The molecule has 0 saturated heterocycles. The SMILES string of the molecule is COC(=O)/C=C(\CC(=O)O)C(=O)O. The third kappa shape index (κ3) is 4.57. The van der Waals surface area contributed by atoms with Crippen LogP contribution in [0.3, 0.4) is 0 Å². The normalized spacial score (nSPS) is 10.7. The number of hydrogen-bond acceptors (Lipinski definition) is 4. The van der Waals surface area contributed by atoms with Gasteiger partial charge in [0.2, 0.25) is 0 Å². The number of carboxylic acids is 2. The van der Waals surface area contributed by atoms with Gasteiger partial charge < -0.3 is 14.9 Å². The first-order chi connectivity index (χ1) is 5.97. The van der Waals surface area contributed by atoms with Crippen LogP contribution < -0.4 is 0 Å². The number of aliphatic carboxylic acids is 2. The first kappa shape index (κ1) is 11.2. The molecule has 0 fully saturated rings. The summed E-state index contributed by atoms with van der Waals surface area (Å²) in [5.74, 6) is -3.66. The molecule has 0 aliphatic heterocycles. The summed E-state index contributed by atoms with van der Waals surface area (Å²) >= 11 is 0. The maximum atomic E-state index is 10.6. The van der Waals surface area contributed by atoms with Gasteiger partial charge in [0.15, 0.2) is 0 Å². The van der Waals surface area contributed by atoms with Crippen molar-refractivity contribution in [3.05, 3.63) is 11.6 Å². The second-order valence-corrected chi connectivity index (χ2v) is 2.07. The topological polar surface area (TPSA) is 101 Å². The molecule has 0 aliphatic carbocycles. The Labute approximate surface area is 73.4 Å². The maximum Gasteiger partial charge on any atom is 0.332 e. The van der Waals surface area contributed by atoms with Crippen molar-refractivity contribution in [2.45, 2.75) is 6.42 Å². The Hall–Kier alpha value is -1.85. The zero-order valence-corrected chi connectivity index (χ0v) is 6.81. The van der Waals surface area contributed by atoms with Gasteiger partial charge in [-0.2, -0.15) is 0 Å². The van der Waals surface area contributed by atoms with Crippen molar-refractivity contribution >= 4 is 17.9 Å². The van der Waals surface area contributed by atoms with Crippen LogP contribution in [0.5, 0.6) is 0 Å². The minimum Gasteiger partial charge on any atom is -0.481 e. The van der Waals surface area contributed by atoms with Gasteiger partial charge in [0.1, 0.15) is 0 Å². The lowest BCUT2D eigenvalue weighted by Crippen LogP contribution is -2.09. The van der Waals surface area contributed by atoms with Gasteiger partial charge in [0.25, 0.3) is 0 Å². The lowest BCUT2D eigenvalue weighted by atomic mass is 10.2. The molecule has 0 atom stereocenters. The van der Waals surface area contributed by atoms with Crippen molar-refractivity contribution in [3.63, 3.8) is 0 Å². The predicted octanol–water partition coefficient (Wildman–Crippen LogP) is -0.355. The summed E-state index contributed by atoms with van der Waals surface area (Å²) in [6, 6.07) is 0. The Morgan fingerprint density at radius 3 is 2.15 bits per heavy atom. The Morgan fingerprint density at radius 2 is 1.85 bits per heavy atom. The highest BCUT2D eigenvalue weighted by Gasteiger charge is 2.13. The van der Waals surface area contributed by atoms with Gasteiger partial charge in [-0.25, -0.2) is 9.59 Å². The minimum atomic E-state index is -1.45. The van der Waals surface area contributed by atoms with Crippen molar-refractivity contribution in [1.82, 2.24) is 0 Å². The molecular weight excluding hydrogens is 180 g/mol. The van der Waals surface area contributed by atoms with Crippen LogP contribution in [0.4, 0.5) is 0 Å². The van der Waals surface area contributed by atoms with Crippen molar-refractivity contribution in [3.8, 4) is 0 Å². The third-order valence-corrected chi connectivity index (χ3v) is 1.11. The zero-order valence-electron chi connectivity index (χ0n) is 6.81. The molecule has 0 rings (SSSR count). The molecule has 0 aromatic rings. The van der Waals surface area contributed by atoms with Gasteiger partial charge in [0.05, 0.1) is 19.1 Å². The maximum absolute atomic E-state index is 10.6. The summed E-state index contributed by atoms with van der Waals surface area (Å²) in [5, 5.41) is 16.7. The Morgan fingerprint density at radius 1 is 1.31 bits per heavy atom. The number of rotatable bonds is 4. The first-order valence-electron chi connectivity index (χ1n) is 3.21. The molecule has 0 aromatic heterocycles. The summed E-state index contributed by atoms with van der Waals surface area (Å²) < 4.78 is 4.14. The van der Waals surface area contributed by atoms with Crippen LogP contribution in [0.2, 0.25) is 0 Å². The third-order valence-electron chi connectivity index (χ3n) is 1.11. The van der Waals surface area contributed by atoms with Crippen LogP contribution in [0, 0.1) is 0 Å². The fraction of sp³-hybridized carbons (Fsp3) is 0.286. The van der Waals surface area contributed by atoms with Crippen LogP contribution in [0.1, 0.15) is 6.42 Å². The number of carbonyl (C=O) groups is 3. The molecule has 0 aliphatic rings. The molecule has 0 amide bonds. The molecule has 13 heavy (non-hydrogen) atoms. The number of carboxylic acid groups (broad SMARTS) is 2. The summed E-state index contributed by atoms with van der Waals surface area (Å²) in [5.41, 5.74) is -0.514. The number of methoxy groups -OCH3 is 1. The number of esters is 1. The van der Waals surface area contributed by atoms with Gasteiger partial charge in [-0.1, -0.05) is 0 Å². The number of ether oxygens (including phenoxy) is 1. The largest absolute Gasteiger partial charge is 0.481 e. The van der Waals surface area contributed by atoms with E-state index >= 15 is 0 Å². The van der Waals surface area contributed by atoms with Crippen LogP contribution in [-0.2, 0) is 19.1 Å². The standard InChI is InChI=1S/C7H8O6/c1-13-6(10)3-4(7(11)12)2-5(8)9/h3H,2H2,1H3,(H,8,9)(H,11,12)/b4-3+. The van der Waals surface area contributed by atoms with E-state index in [1.54, 1.807) is 0 Å². The highest BCUT2D eigenvalue weighted by molar-refractivity contribution is 5.98. The molecular formula is C7H8O6. The predicted molar refractivity (Wildman–Crippen MR) is 40.0 cm³/mol.